The Bertz CT molecular complexity index is 505. The van der Waals surface area contributed by atoms with Gasteiger partial charge in [-0.1, -0.05) is 13.0 Å². The van der Waals surface area contributed by atoms with Crippen molar-refractivity contribution in [2.24, 2.45) is 5.92 Å². The topological polar surface area (TPSA) is 57.3 Å². The molecule has 1 aromatic rings. The van der Waals surface area contributed by atoms with E-state index in [-0.39, 0.29) is 24.4 Å². The lowest BCUT2D eigenvalue weighted by atomic mass is 9.87. The van der Waals surface area contributed by atoms with Gasteiger partial charge in [0.2, 0.25) is 5.91 Å². The number of aromatic nitrogens is 1. The molecule has 5 nitrogen and oxygen atoms in total. The van der Waals surface area contributed by atoms with E-state index in [1.807, 2.05) is 12.3 Å². The first kappa shape index (κ1) is 19.2. The Morgan fingerprint density at radius 3 is 2.88 bits per heavy atom. The van der Waals surface area contributed by atoms with Gasteiger partial charge in [0.05, 0.1) is 6.54 Å². The lowest BCUT2D eigenvalue weighted by Crippen LogP contribution is -2.50. The third kappa shape index (κ3) is 5.16. The Kier molecular flexibility index (Phi) is 7.46. The summed E-state index contributed by atoms with van der Waals surface area (Å²) in [5.74, 6) is 0.978. The van der Waals surface area contributed by atoms with Gasteiger partial charge in [0.25, 0.3) is 0 Å². The van der Waals surface area contributed by atoms with Crippen LogP contribution in [0.4, 0.5) is 0 Å². The van der Waals surface area contributed by atoms with Crippen LogP contribution in [0.25, 0.3) is 0 Å². The van der Waals surface area contributed by atoms with Gasteiger partial charge in [0.1, 0.15) is 0 Å². The number of hydrogen-bond acceptors (Lipinski definition) is 4. The Labute approximate surface area is 151 Å². The van der Waals surface area contributed by atoms with Crippen molar-refractivity contribution in [3.05, 3.63) is 30.1 Å². The fourth-order valence-corrected chi connectivity index (χ4v) is 3.70. The van der Waals surface area contributed by atoms with Gasteiger partial charge in [0, 0.05) is 44.1 Å². The van der Waals surface area contributed by atoms with Crippen molar-refractivity contribution in [2.45, 2.75) is 44.7 Å². The monoisotopic (exact) mass is 352 g/mol. The van der Waals surface area contributed by atoms with Crippen molar-refractivity contribution >= 4 is 18.3 Å². The van der Waals surface area contributed by atoms with Crippen LogP contribution in [0.1, 0.15) is 44.2 Å². The van der Waals surface area contributed by atoms with E-state index in [0.29, 0.717) is 12.6 Å². The molecule has 24 heavy (non-hydrogen) atoms. The molecule has 2 aliphatic rings. The summed E-state index contributed by atoms with van der Waals surface area (Å²) in [6.45, 7) is 5.49. The van der Waals surface area contributed by atoms with Crippen LogP contribution in [0, 0.1) is 5.92 Å². The molecular formula is C18H29ClN4O. The van der Waals surface area contributed by atoms with E-state index in [4.69, 9.17) is 0 Å². The van der Waals surface area contributed by atoms with E-state index in [1.165, 1.54) is 18.4 Å². The number of carbonyl (C=O) groups is 1. The molecule has 1 unspecified atom stereocenters. The Morgan fingerprint density at radius 2 is 2.17 bits per heavy atom. The molecule has 1 aromatic heterocycles. The second-order valence-corrected chi connectivity index (χ2v) is 7.00. The van der Waals surface area contributed by atoms with Crippen LogP contribution < -0.4 is 10.6 Å². The standard InChI is InChI=1S/C18H28N4O.ClH/c1-14-4-6-16(7-5-14)21-18(23)13-22-10-9-20-12-17(22)15-3-2-8-19-11-15;/h2-3,8,11,14,16-17,20H,4-7,9-10,12-13H2,1H3,(H,21,23);1H. The van der Waals surface area contributed by atoms with E-state index in [2.05, 4.69) is 33.5 Å². The summed E-state index contributed by atoms with van der Waals surface area (Å²) >= 11 is 0. The zero-order chi connectivity index (χ0) is 16.1. The number of rotatable bonds is 4. The quantitative estimate of drug-likeness (QED) is 0.871. The number of hydrogen-bond donors (Lipinski definition) is 2. The highest BCUT2D eigenvalue weighted by Gasteiger charge is 2.27. The second-order valence-electron chi connectivity index (χ2n) is 7.00. The zero-order valence-corrected chi connectivity index (χ0v) is 15.2. The molecule has 1 atom stereocenters. The summed E-state index contributed by atoms with van der Waals surface area (Å²) < 4.78 is 0. The average Bonchev–Trinajstić information content (AvgIpc) is 2.58. The van der Waals surface area contributed by atoms with Gasteiger partial charge in [0.15, 0.2) is 0 Å². The Hall–Kier alpha value is -1.17. The number of nitrogens with one attached hydrogen (secondary N) is 2. The molecule has 0 aromatic carbocycles. The van der Waals surface area contributed by atoms with Crippen LogP contribution in [0.15, 0.2) is 24.5 Å². The smallest absolute Gasteiger partial charge is 0.234 e. The molecule has 0 spiro atoms. The summed E-state index contributed by atoms with van der Waals surface area (Å²) in [5, 5.41) is 6.66. The molecule has 2 fully saturated rings. The Morgan fingerprint density at radius 1 is 1.38 bits per heavy atom. The van der Waals surface area contributed by atoms with Crippen LogP contribution in [0.5, 0.6) is 0 Å². The summed E-state index contributed by atoms with van der Waals surface area (Å²) in [6, 6.07) is 4.66. The van der Waals surface area contributed by atoms with Crippen LogP contribution in [0.3, 0.4) is 0 Å². The number of amides is 1. The number of halogens is 1. The summed E-state index contributed by atoms with van der Waals surface area (Å²) in [7, 11) is 0. The van der Waals surface area contributed by atoms with E-state index in [9.17, 15) is 4.79 Å². The maximum atomic E-state index is 12.4. The average molecular weight is 353 g/mol. The minimum absolute atomic E-state index is 0. The molecule has 134 valence electrons. The van der Waals surface area contributed by atoms with Gasteiger partial charge in [-0.15, -0.1) is 12.4 Å². The van der Waals surface area contributed by atoms with E-state index in [0.717, 1.165) is 38.4 Å². The molecule has 3 rings (SSSR count). The molecule has 1 saturated heterocycles. The molecule has 1 saturated carbocycles. The minimum atomic E-state index is 0. The fourth-order valence-electron chi connectivity index (χ4n) is 3.70. The van der Waals surface area contributed by atoms with Crippen LogP contribution in [-0.4, -0.2) is 48.0 Å². The van der Waals surface area contributed by atoms with Crippen molar-refractivity contribution in [1.29, 1.82) is 0 Å². The highest BCUT2D eigenvalue weighted by atomic mass is 35.5. The van der Waals surface area contributed by atoms with Gasteiger partial charge in [-0.05, 0) is 43.2 Å². The predicted molar refractivity (Wildman–Crippen MR) is 98.2 cm³/mol. The number of carbonyl (C=O) groups excluding carboxylic acids is 1. The van der Waals surface area contributed by atoms with Gasteiger partial charge < -0.3 is 10.6 Å². The van der Waals surface area contributed by atoms with Crippen molar-refractivity contribution in [3.63, 3.8) is 0 Å². The normalized spacial score (nSPS) is 28.0. The minimum Gasteiger partial charge on any atom is -0.352 e. The van der Waals surface area contributed by atoms with Gasteiger partial charge in [-0.2, -0.15) is 0 Å². The Balaban J connectivity index is 0.00000208. The molecule has 1 aliphatic carbocycles. The summed E-state index contributed by atoms with van der Waals surface area (Å²) in [4.78, 5) is 18.9. The first-order valence-electron chi connectivity index (χ1n) is 8.86. The molecular weight excluding hydrogens is 324 g/mol. The molecule has 6 heteroatoms. The van der Waals surface area contributed by atoms with Gasteiger partial charge in [-0.25, -0.2) is 0 Å². The molecule has 2 N–H and O–H groups in total. The van der Waals surface area contributed by atoms with Crippen LogP contribution >= 0.6 is 12.4 Å². The molecule has 2 heterocycles. The molecule has 0 bridgehead atoms. The van der Waals surface area contributed by atoms with Gasteiger partial charge in [-0.3, -0.25) is 14.7 Å². The highest BCUT2D eigenvalue weighted by molar-refractivity contribution is 5.85. The number of nitrogens with zero attached hydrogens (tertiary/aromatic N) is 2. The van der Waals surface area contributed by atoms with Crippen LogP contribution in [0.2, 0.25) is 0 Å². The van der Waals surface area contributed by atoms with Crippen LogP contribution in [-0.2, 0) is 4.79 Å². The second kappa shape index (κ2) is 9.35. The maximum Gasteiger partial charge on any atom is 0.234 e. The molecule has 0 radical (unpaired) electrons. The third-order valence-electron chi connectivity index (χ3n) is 5.15. The lowest BCUT2D eigenvalue weighted by molar-refractivity contribution is -0.124. The predicted octanol–water partition coefficient (Wildman–Crippen LogP) is 2.14. The van der Waals surface area contributed by atoms with Crippen molar-refractivity contribution in [2.75, 3.05) is 26.2 Å². The first-order valence-corrected chi connectivity index (χ1v) is 8.86. The molecule has 1 aliphatic heterocycles. The fraction of sp³-hybridized carbons (Fsp3) is 0.667. The van der Waals surface area contributed by atoms with Crippen molar-refractivity contribution in [1.82, 2.24) is 20.5 Å². The summed E-state index contributed by atoms with van der Waals surface area (Å²) in [6.07, 6.45) is 8.42. The first-order chi connectivity index (χ1) is 11.2. The van der Waals surface area contributed by atoms with Crippen molar-refractivity contribution < 1.29 is 4.79 Å². The third-order valence-corrected chi connectivity index (χ3v) is 5.15. The zero-order valence-electron chi connectivity index (χ0n) is 14.4. The number of pyridine rings is 1. The van der Waals surface area contributed by atoms with E-state index >= 15 is 0 Å². The largest absolute Gasteiger partial charge is 0.352 e. The van der Waals surface area contributed by atoms with Gasteiger partial charge >= 0.3 is 0 Å². The van der Waals surface area contributed by atoms with E-state index < -0.39 is 0 Å². The lowest BCUT2D eigenvalue weighted by Gasteiger charge is -2.36. The number of piperazine rings is 1. The van der Waals surface area contributed by atoms with E-state index in [1.54, 1.807) is 6.20 Å². The highest BCUT2D eigenvalue weighted by Crippen LogP contribution is 2.24. The molecule has 1 amide bonds. The van der Waals surface area contributed by atoms with Crippen molar-refractivity contribution in [3.8, 4) is 0 Å². The summed E-state index contributed by atoms with van der Waals surface area (Å²) in [5.41, 5.74) is 1.18. The maximum absolute atomic E-state index is 12.4. The SMILES string of the molecule is CC1CCC(NC(=O)CN2CCNCC2c2cccnc2)CC1.Cl.